The molecule has 1 aliphatic heterocycles. The van der Waals surface area contributed by atoms with E-state index in [1.54, 1.807) is 12.1 Å². The number of rotatable bonds is 2. The molecule has 5 nitrogen and oxygen atoms in total. The van der Waals surface area contributed by atoms with Crippen molar-refractivity contribution in [1.82, 2.24) is 5.32 Å². The number of hydrogen-bond donors (Lipinski definition) is 1. The Morgan fingerprint density at radius 1 is 0.923 bits per heavy atom. The predicted molar refractivity (Wildman–Crippen MR) is 102 cm³/mol. The molecule has 0 saturated heterocycles. The van der Waals surface area contributed by atoms with Crippen LogP contribution in [0.25, 0.3) is 0 Å². The number of para-hydroxylation sites is 2. The van der Waals surface area contributed by atoms with Crippen molar-refractivity contribution in [2.45, 2.75) is 12.8 Å². The van der Waals surface area contributed by atoms with E-state index in [-0.39, 0.29) is 17.6 Å². The van der Waals surface area contributed by atoms with Crippen molar-refractivity contribution in [1.29, 1.82) is 0 Å². The molecular weight excluding hydrogens is 326 g/mol. The molecule has 1 aromatic heterocycles. The molecule has 0 saturated carbocycles. The van der Waals surface area contributed by atoms with Crippen molar-refractivity contribution in [3.05, 3.63) is 84.3 Å². The van der Waals surface area contributed by atoms with Crippen LogP contribution in [0.4, 0.5) is 11.4 Å². The molecule has 1 amide bonds. The summed E-state index contributed by atoms with van der Waals surface area (Å²) in [6.07, 6.45) is 1.47. The summed E-state index contributed by atoms with van der Waals surface area (Å²) in [5.41, 5.74) is 3.38. The molecule has 26 heavy (non-hydrogen) atoms. The Morgan fingerprint density at radius 3 is 2.31 bits per heavy atom. The maximum Gasteiger partial charge on any atom is 0.292 e. The second-order valence-corrected chi connectivity index (χ2v) is 6.01. The number of benzene rings is 2. The standard InChI is InChI=1S/C21H17N3O2/c1-14-19(15-8-3-2-4-9-15)20(24-21(25)18-12-7-13-26-18)23-17-11-6-5-10-16(17)22-14/h2-13,19H,1H3,(H,23,24,25)/t19-/m1/s1. The number of hydrogen-bond acceptors (Lipinski definition) is 4. The van der Waals surface area contributed by atoms with E-state index in [1.165, 1.54) is 6.26 Å². The van der Waals surface area contributed by atoms with Gasteiger partial charge in [0.1, 0.15) is 5.84 Å². The molecule has 1 N–H and O–H groups in total. The highest BCUT2D eigenvalue weighted by molar-refractivity contribution is 6.18. The zero-order valence-corrected chi connectivity index (χ0v) is 14.2. The van der Waals surface area contributed by atoms with Crippen LogP contribution in [0.5, 0.6) is 0 Å². The number of furan rings is 1. The molecule has 0 unspecified atom stereocenters. The highest BCUT2D eigenvalue weighted by atomic mass is 16.3. The second-order valence-electron chi connectivity index (χ2n) is 6.01. The Balaban J connectivity index is 1.81. The second kappa shape index (κ2) is 6.80. The number of amidine groups is 1. The fourth-order valence-corrected chi connectivity index (χ4v) is 3.03. The summed E-state index contributed by atoms with van der Waals surface area (Å²) in [7, 11) is 0. The van der Waals surface area contributed by atoms with Gasteiger partial charge in [-0.15, -0.1) is 0 Å². The quantitative estimate of drug-likeness (QED) is 0.737. The van der Waals surface area contributed by atoms with Gasteiger partial charge >= 0.3 is 0 Å². The largest absolute Gasteiger partial charge is 0.459 e. The van der Waals surface area contributed by atoms with Crippen LogP contribution >= 0.6 is 0 Å². The van der Waals surface area contributed by atoms with E-state index in [2.05, 4.69) is 5.32 Å². The van der Waals surface area contributed by atoms with E-state index >= 15 is 0 Å². The number of carbonyl (C=O) groups is 1. The molecule has 2 aromatic carbocycles. The van der Waals surface area contributed by atoms with Gasteiger partial charge in [-0.05, 0) is 36.8 Å². The lowest BCUT2D eigenvalue weighted by Crippen LogP contribution is -2.37. The molecule has 0 radical (unpaired) electrons. The highest BCUT2D eigenvalue weighted by Gasteiger charge is 2.27. The Labute approximate surface area is 151 Å². The summed E-state index contributed by atoms with van der Waals surface area (Å²) in [5, 5.41) is 2.92. The van der Waals surface area contributed by atoms with Crippen LogP contribution in [0.3, 0.4) is 0 Å². The highest BCUT2D eigenvalue weighted by Crippen LogP contribution is 2.34. The first-order chi connectivity index (χ1) is 12.7. The Kier molecular flexibility index (Phi) is 4.19. The van der Waals surface area contributed by atoms with E-state index in [0.717, 1.165) is 22.6 Å². The minimum Gasteiger partial charge on any atom is -0.459 e. The SMILES string of the molecule is CC1=Nc2ccccc2N=C(NC(=O)c2ccco2)[C@H]1c1ccccc1. The van der Waals surface area contributed by atoms with Gasteiger partial charge in [0.2, 0.25) is 0 Å². The van der Waals surface area contributed by atoms with Gasteiger partial charge in [-0.25, -0.2) is 4.99 Å². The lowest BCUT2D eigenvalue weighted by atomic mass is 9.93. The summed E-state index contributed by atoms with van der Waals surface area (Å²) in [6, 6.07) is 20.8. The van der Waals surface area contributed by atoms with Gasteiger partial charge < -0.3 is 9.73 Å². The lowest BCUT2D eigenvalue weighted by Gasteiger charge is -2.19. The monoisotopic (exact) mass is 343 g/mol. The lowest BCUT2D eigenvalue weighted by molar-refractivity contribution is 0.0949. The Morgan fingerprint density at radius 2 is 1.62 bits per heavy atom. The third-order valence-corrected chi connectivity index (χ3v) is 4.23. The Bertz CT molecular complexity index is 989. The van der Waals surface area contributed by atoms with Gasteiger partial charge in [0, 0.05) is 5.71 Å². The molecule has 0 bridgehead atoms. The number of amides is 1. The minimum absolute atomic E-state index is 0.242. The summed E-state index contributed by atoms with van der Waals surface area (Å²) < 4.78 is 5.21. The van der Waals surface area contributed by atoms with Gasteiger partial charge in [0.25, 0.3) is 5.91 Å². The molecule has 0 spiro atoms. The molecule has 0 fully saturated rings. The Hall–Kier alpha value is -3.47. The first-order valence-corrected chi connectivity index (χ1v) is 8.35. The number of fused-ring (bicyclic) bond motifs is 1. The zero-order chi connectivity index (χ0) is 17.9. The predicted octanol–water partition coefficient (Wildman–Crippen LogP) is 4.63. The molecule has 4 rings (SSSR count). The number of carbonyl (C=O) groups excluding carboxylic acids is 1. The van der Waals surface area contributed by atoms with Crippen molar-refractivity contribution < 1.29 is 9.21 Å². The van der Waals surface area contributed by atoms with Gasteiger partial charge in [-0.1, -0.05) is 42.5 Å². The fourth-order valence-electron chi connectivity index (χ4n) is 3.03. The first-order valence-electron chi connectivity index (χ1n) is 8.35. The van der Waals surface area contributed by atoms with Gasteiger partial charge in [0.05, 0.1) is 23.6 Å². The molecule has 128 valence electrons. The van der Waals surface area contributed by atoms with E-state index < -0.39 is 0 Å². The van der Waals surface area contributed by atoms with Crippen LogP contribution in [0.15, 0.2) is 87.4 Å². The normalized spacial score (nSPS) is 16.1. The van der Waals surface area contributed by atoms with E-state index in [0.29, 0.717) is 5.84 Å². The molecule has 5 heteroatoms. The van der Waals surface area contributed by atoms with Gasteiger partial charge in [-0.3, -0.25) is 9.79 Å². The smallest absolute Gasteiger partial charge is 0.292 e. The fraction of sp³-hybridized carbons (Fsp3) is 0.0952. The number of nitrogens with one attached hydrogen (secondary N) is 1. The van der Waals surface area contributed by atoms with Crippen molar-refractivity contribution in [3.63, 3.8) is 0 Å². The maximum absolute atomic E-state index is 12.6. The maximum atomic E-state index is 12.6. The van der Waals surface area contributed by atoms with Gasteiger partial charge in [0.15, 0.2) is 5.76 Å². The zero-order valence-electron chi connectivity index (χ0n) is 14.2. The summed E-state index contributed by atoms with van der Waals surface area (Å²) in [5.74, 6) is 0.194. The average Bonchev–Trinajstić information content (AvgIpc) is 3.15. The third-order valence-electron chi connectivity index (χ3n) is 4.23. The summed E-state index contributed by atoms with van der Waals surface area (Å²) in [4.78, 5) is 22.0. The van der Waals surface area contributed by atoms with Crippen LogP contribution in [0.2, 0.25) is 0 Å². The van der Waals surface area contributed by atoms with Crippen molar-refractivity contribution in [3.8, 4) is 0 Å². The summed E-state index contributed by atoms with van der Waals surface area (Å²) >= 11 is 0. The van der Waals surface area contributed by atoms with E-state index in [4.69, 9.17) is 14.4 Å². The molecule has 1 atom stereocenters. The molecule has 1 aliphatic rings. The summed E-state index contributed by atoms with van der Waals surface area (Å²) in [6.45, 7) is 1.95. The number of aliphatic imine (C=N–C) groups is 2. The van der Waals surface area contributed by atoms with Gasteiger partial charge in [-0.2, -0.15) is 0 Å². The van der Waals surface area contributed by atoms with Crippen molar-refractivity contribution >= 4 is 28.8 Å². The molecular formula is C21H17N3O2. The van der Waals surface area contributed by atoms with E-state index in [9.17, 15) is 4.79 Å². The van der Waals surface area contributed by atoms with Crippen molar-refractivity contribution in [2.75, 3.05) is 0 Å². The molecule has 0 aliphatic carbocycles. The van der Waals surface area contributed by atoms with Crippen molar-refractivity contribution in [2.24, 2.45) is 9.98 Å². The molecule has 3 aromatic rings. The molecule has 2 heterocycles. The first kappa shape index (κ1) is 16.0. The minimum atomic E-state index is -0.332. The van der Waals surface area contributed by atoms with Crippen LogP contribution < -0.4 is 5.32 Å². The van der Waals surface area contributed by atoms with Crippen LogP contribution in [-0.4, -0.2) is 17.5 Å². The van der Waals surface area contributed by atoms with Crippen LogP contribution in [0.1, 0.15) is 29.0 Å². The average molecular weight is 343 g/mol. The van der Waals surface area contributed by atoms with Crippen LogP contribution in [0, 0.1) is 0 Å². The third kappa shape index (κ3) is 3.07. The number of nitrogens with zero attached hydrogens (tertiary/aromatic N) is 2. The van der Waals surface area contributed by atoms with Crippen LogP contribution in [-0.2, 0) is 0 Å². The van der Waals surface area contributed by atoms with E-state index in [1.807, 2.05) is 61.5 Å². The topological polar surface area (TPSA) is 67.0 Å².